The summed E-state index contributed by atoms with van der Waals surface area (Å²) in [6.45, 7) is 5.21. The van der Waals surface area contributed by atoms with E-state index in [0.717, 1.165) is 31.8 Å². The minimum atomic E-state index is -1.53. The number of rotatable bonds is 7. The predicted molar refractivity (Wildman–Crippen MR) is 110 cm³/mol. The lowest BCUT2D eigenvalue weighted by molar-refractivity contribution is -0.168. The molecule has 0 aromatic heterocycles. The third kappa shape index (κ3) is 6.32. The number of aryl methyl sites for hydroxylation is 1. The van der Waals surface area contributed by atoms with E-state index < -0.39 is 11.9 Å². The Morgan fingerprint density at radius 1 is 1.00 bits per heavy atom. The van der Waals surface area contributed by atoms with Crippen molar-refractivity contribution in [2.75, 3.05) is 26.2 Å². The van der Waals surface area contributed by atoms with Gasteiger partial charge in [-0.3, -0.25) is 0 Å². The van der Waals surface area contributed by atoms with Crippen molar-refractivity contribution in [3.63, 3.8) is 0 Å². The molecule has 0 amide bonds. The fourth-order valence-corrected chi connectivity index (χ4v) is 3.42. The van der Waals surface area contributed by atoms with Crippen LogP contribution in [0, 0.1) is 6.92 Å². The van der Waals surface area contributed by atoms with Crippen molar-refractivity contribution in [2.24, 2.45) is 0 Å². The molecule has 6 heteroatoms. The number of ether oxygens (including phenoxy) is 2. The molecule has 29 heavy (non-hydrogen) atoms. The van der Waals surface area contributed by atoms with Gasteiger partial charge in [0.2, 0.25) is 0 Å². The monoisotopic (exact) mass is 397 g/mol. The lowest BCUT2D eigenvalue weighted by Gasteiger charge is -2.31. The molecule has 0 atom stereocenters. The summed E-state index contributed by atoms with van der Waals surface area (Å²) >= 11 is 0. The number of carbonyl (C=O) groups excluding carboxylic acids is 1. The highest BCUT2D eigenvalue weighted by atomic mass is 16.6. The van der Waals surface area contributed by atoms with Crippen molar-refractivity contribution in [3.8, 4) is 16.9 Å². The maximum atomic E-state index is 11.1. The van der Waals surface area contributed by atoms with Crippen LogP contribution in [0.2, 0.25) is 0 Å². The molecule has 1 aliphatic heterocycles. The summed E-state index contributed by atoms with van der Waals surface area (Å²) in [7, 11) is 0. The number of piperidine rings is 1. The molecule has 1 heterocycles. The third-order valence-electron chi connectivity index (χ3n) is 5.11. The lowest BCUT2D eigenvalue weighted by Crippen LogP contribution is -2.39. The maximum absolute atomic E-state index is 11.1. The molecule has 1 aliphatic rings. The number of nitrogens with zero attached hydrogens (tertiary/aromatic N) is 1. The van der Waals surface area contributed by atoms with Crippen molar-refractivity contribution in [1.29, 1.82) is 0 Å². The van der Waals surface area contributed by atoms with Crippen LogP contribution in [0.5, 0.6) is 5.75 Å². The molecule has 0 aliphatic carbocycles. The zero-order valence-corrected chi connectivity index (χ0v) is 16.7. The minimum absolute atomic E-state index is 0.293. The zero-order chi connectivity index (χ0) is 20.6. The lowest BCUT2D eigenvalue weighted by atomic mass is 10.0. The summed E-state index contributed by atoms with van der Waals surface area (Å²) in [6.07, 6.45) is 1.94. The minimum Gasteiger partial charge on any atom is -0.494 e. The van der Waals surface area contributed by atoms with Gasteiger partial charge in [-0.05, 0) is 49.4 Å². The largest absolute Gasteiger partial charge is 0.494 e. The fourth-order valence-electron chi connectivity index (χ4n) is 3.42. The van der Waals surface area contributed by atoms with Gasteiger partial charge in [0.1, 0.15) is 11.9 Å². The van der Waals surface area contributed by atoms with Crippen LogP contribution < -0.4 is 4.74 Å². The second-order valence-corrected chi connectivity index (χ2v) is 7.34. The predicted octanol–water partition coefficient (Wildman–Crippen LogP) is 3.52. The molecule has 2 aromatic rings. The van der Waals surface area contributed by atoms with Crippen molar-refractivity contribution >= 4 is 11.9 Å². The number of hydrogen-bond donors (Lipinski definition) is 1. The van der Waals surface area contributed by atoms with Gasteiger partial charge in [0.05, 0.1) is 6.61 Å². The topological polar surface area (TPSA) is 76.1 Å². The van der Waals surface area contributed by atoms with Crippen LogP contribution in [0.25, 0.3) is 11.1 Å². The zero-order valence-electron chi connectivity index (χ0n) is 16.7. The summed E-state index contributed by atoms with van der Waals surface area (Å²) in [5, 5.41) is 8.59. The first-order valence-electron chi connectivity index (χ1n) is 9.97. The standard InChI is InChI=1S/C23H27NO5/c1-17-3-5-18(6-4-17)19-7-9-20(10-8-19)28-16-2-13-24-14-11-21(12-15-24)29-23(27)22(25)26/h3-10,21H,2,11-16H2,1H3,(H,25,26). The van der Waals surface area contributed by atoms with E-state index in [9.17, 15) is 9.59 Å². The maximum Gasteiger partial charge on any atom is 0.417 e. The summed E-state index contributed by atoms with van der Waals surface area (Å²) in [4.78, 5) is 23.9. The van der Waals surface area contributed by atoms with E-state index in [4.69, 9.17) is 14.6 Å². The number of esters is 1. The van der Waals surface area contributed by atoms with Gasteiger partial charge in [-0.2, -0.15) is 0 Å². The average molecular weight is 397 g/mol. The van der Waals surface area contributed by atoms with Gasteiger partial charge in [-0.1, -0.05) is 42.0 Å². The van der Waals surface area contributed by atoms with E-state index in [0.29, 0.717) is 19.4 Å². The quantitative estimate of drug-likeness (QED) is 0.438. The first-order chi connectivity index (χ1) is 14.0. The van der Waals surface area contributed by atoms with Crippen LogP contribution in [-0.2, 0) is 14.3 Å². The highest BCUT2D eigenvalue weighted by Crippen LogP contribution is 2.23. The van der Waals surface area contributed by atoms with Gasteiger partial charge >= 0.3 is 11.9 Å². The van der Waals surface area contributed by atoms with Crippen molar-refractivity contribution in [3.05, 3.63) is 54.1 Å². The first kappa shape index (κ1) is 20.9. The Labute approximate surface area is 171 Å². The van der Waals surface area contributed by atoms with E-state index in [1.54, 1.807) is 0 Å². The number of hydrogen-bond acceptors (Lipinski definition) is 5. The van der Waals surface area contributed by atoms with Gasteiger partial charge in [0.15, 0.2) is 0 Å². The molecule has 1 fully saturated rings. The van der Waals surface area contributed by atoms with E-state index in [-0.39, 0.29) is 6.10 Å². The molecule has 0 saturated carbocycles. The van der Waals surface area contributed by atoms with Crippen LogP contribution in [0.4, 0.5) is 0 Å². The van der Waals surface area contributed by atoms with Crippen LogP contribution in [0.3, 0.4) is 0 Å². The molecule has 2 aromatic carbocycles. The SMILES string of the molecule is Cc1ccc(-c2ccc(OCCCN3CCC(OC(=O)C(=O)O)CC3)cc2)cc1. The molecule has 1 N–H and O–H groups in total. The van der Waals surface area contributed by atoms with Crippen molar-refractivity contribution < 1.29 is 24.2 Å². The molecule has 6 nitrogen and oxygen atoms in total. The van der Waals surface area contributed by atoms with E-state index in [1.165, 1.54) is 16.7 Å². The Kier molecular flexibility index (Phi) is 7.25. The summed E-state index contributed by atoms with van der Waals surface area (Å²) < 4.78 is 10.8. The third-order valence-corrected chi connectivity index (χ3v) is 5.11. The van der Waals surface area contributed by atoms with Crippen molar-refractivity contribution in [1.82, 2.24) is 4.90 Å². The normalized spacial score (nSPS) is 15.1. The Hall–Kier alpha value is -2.86. The van der Waals surface area contributed by atoms with Crippen LogP contribution in [0.1, 0.15) is 24.8 Å². The number of carbonyl (C=O) groups is 2. The Balaban J connectivity index is 1.34. The van der Waals surface area contributed by atoms with Gasteiger partial charge in [0.25, 0.3) is 0 Å². The Bertz CT molecular complexity index is 808. The van der Waals surface area contributed by atoms with E-state index in [2.05, 4.69) is 48.2 Å². The summed E-state index contributed by atoms with van der Waals surface area (Å²) in [5.74, 6) is -1.83. The number of carboxylic acid groups (broad SMARTS) is 1. The van der Waals surface area contributed by atoms with Gasteiger partial charge in [0, 0.05) is 19.6 Å². The number of carboxylic acids is 1. The summed E-state index contributed by atoms with van der Waals surface area (Å²) in [5.41, 5.74) is 3.61. The van der Waals surface area contributed by atoms with Crippen LogP contribution in [0.15, 0.2) is 48.5 Å². The molecule has 0 bridgehead atoms. The van der Waals surface area contributed by atoms with Crippen LogP contribution >= 0.6 is 0 Å². The molecular weight excluding hydrogens is 370 g/mol. The number of aliphatic carboxylic acids is 1. The van der Waals surface area contributed by atoms with Gasteiger partial charge < -0.3 is 19.5 Å². The molecule has 0 unspecified atom stereocenters. The molecule has 154 valence electrons. The molecule has 0 spiro atoms. The van der Waals surface area contributed by atoms with E-state index in [1.807, 2.05) is 12.1 Å². The Morgan fingerprint density at radius 2 is 1.59 bits per heavy atom. The number of likely N-dealkylation sites (tertiary alicyclic amines) is 1. The second-order valence-electron chi connectivity index (χ2n) is 7.34. The summed E-state index contributed by atoms with van der Waals surface area (Å²) in [6, 6.07) is 16.6. The second kappa shape index (κ2) is 10.1. The Morgan fingerprint density at radius 3 is 2.17 bits per heavy atom. The average Bonchev–Trinajstić information content (AvgIpc) is 2.73. The fraction of sp³-hybridized carbons (Fsp3) is 0.391. The number of benzene rings is 2. The smallest absolute Gasteiger partial charge is 0.417 e. The highest BCUT2D eigenvalue weighted by Gasteiger charge is 2.24. The molecular formula is C23H27NO5. The highest BCUT2D eigenvalue weighted by molar-refractivity contribution is 6.28. The van der Waals surface area contributed by atoms with Gasteiger partial charge in [-0.15, -0.1) is 0 Å². The molecule has 1 saturated heterocycles. The molecule has 0 radical (unpaired) electrons. The van der Waals surface area contributed by atoms with Crippen LogP contribution in [-0.4, -0.2) is 54.3 Å². The van der Waals surface area contributed by atoms with Gasteiger partial charge in [-0.25, -0.2) is 9.59 Å². The molecule has 3 rings (SSSR count). The first-order valence-corrected chi connectivity index (χ1v) is 9.97. The van der Waals surface area contributed by atoms with E-state index >= 15 is 0 Å². The van der Waals surface area contributed by atoms with Crippen molar-refractivity contribution in [2.45, 2.75) is 32.3 Å².